The predicted molar refractivity (Wildman–Crippen MR) is 98.4 cm³/mol. The van der Waals surface area contributed by atoms with Gasteiger partial charge in [-0.15, -0.1) is 10.2 Å². The summed E-state index contributed by atoms with van der Waals surface area (Å²) < 4.78 is 45.1. The fourth-order valence-corrected chi connectivity index (χ4v) is 3.20. The number of aromatic nitrogens is 3. The molecule has 0 aliphatic rings. The number of rotatable bonds is 5. The first kappa shape index (κ1) is 20.1. The van der Waals surface area contributed by atoms with E-state index in [4.69, 9.17) is 21.9 Å². The molecule has 0 aliphatic heterocycles. The summed E-state index contributed by atoms with van der Waals surface area (Å²) in [6, 6.07) is 4.81. The van der Waals surface area contributed by atoms with Gasteiger partial charge in [-0.2, -0.15) is 13.2 Å². The van der Waals surface area contributed by atoms with E-state index >= 15 is 0 Å². The molecule has 3 N–H and O–H groups in total. The second kappa shape index (κ2) is 7.76. The van der Waals surface area contributed by atoms with E-state index in [1.54, 1.807) is 13.0 Å². The van der Waals surface area contributed by atoms with E-state index in [0.29, 0.717) is 17.1 Å². The minimum atomic E-state index is -4.62. The first-order valence-electron chi connectivity index (χ1n) is 7.71. The van der Waals surface area contributed by atoms with Gasteiger partial charge in [-0.3, -0.25) is 4.79 Å². The first-order valence-corrected chi connectivity index (χ1v) is 9.07. The standard InChI is InChI=1S/C16H13ClF3N5O2S/c1-8-10(4-5-27-8)14-23-24-15(25(14)21)28-7-13(26)22-9-2-3-12(17)11(6-9)16(18,19)20/h2-6H,7,21H2,1H3,(H,22,26). The topological polar surface area (TPSA) is 99.0 Å². The molecule has 0 unspecified atom stereocenters. The third-order valence-corrected chi connectivity index (χ3v) is 4.92. The van der Waals surface area contributed by atoms with Crippen molar-refractivity contribution in [1.82, 2.24) is 14.9 Å². The van der Waals surface area contributed by atoms with Gasteiger partial charge in [-0.1, -0.05) is 23.4 Å². The number of thioether (sulfide) groups is 1. The molecule has 0 saturated carbocycles. The number of amides is 1. The number of hydrogen-bond donors (Lipinski definition) is 2. The van der Waals surface area contributed by atoms with Crippen LogP contribution in [0.4, 0.5) is 18.9 Å². The molecule has 0 fully saturated rings. The van der Waals surface area contributed by atoms with Crippen molar-refractivity contribution in [2.24, 2.45) is 0 Å². The minimum Gasteiger partial charge on any atom is -0.469 e. The first-order chi connectivity index (χ1) is 13.2. The number of nitrogens with zero attached hydrogens (tertiary/aromatic N) is 3. The molecule has 0 aliphatic carbocycles. The number of carbonyl (C=O) groups is 1. The summed E-state index contributed by atoms with van der Waals surface area (Å²) in [7, 11) is 0. The van der Waals surface area contributed by atoms with Crippen LogP contribution >= 0.6 is 23.4 Å². The van der Waals surface area contributed by atoms with Crippen molar-refractivity contribution in [1.29, 1.82) is 0 Å². The maximum absolute atomic E-state index is 12.9. The smallest absolute Gasteiger partial charge is 0.417 e. The molecule has 0 saturated heterocycles. The average molecular weight is 432 g/mol. The number of aryl methyl sites for hydroxylation is 1. The molecule has 1 amide bonds. The number of nitrogens with two attached hydrogens (primary N) is 1. The molecule has 0 bridgehead atoms. The summed E-state index contributed by atoms with van der Waals surface area (Å²) in [5, 5.41) is 10.1. The van der Waals surface area contributed by atoms with Gasteiger partial charge in [-0.05, 0) is 31.2 Å². The summed E-state index contributed by atoms with van der Waals surface area (Å²) in [4.78, 5) is 12.1. The van der Waals surface area contributed by atoms with Gasteiger partial charge >= 0.3 is 6.18 Å². The van der Waals surface area contributed by atoms with E-state index in [-0.39, 0.29) is 16.6 Å². The molecule has 1 aromatic carbocycles. The lowest BCUT2D eigenvalue weighted by Gasteiger charge is -2.11. The van der Waals surface area contributed by atoms with E-state index < -0.39 is 22.7 Å². The molecule has 148 valence electrons. The van der Waals surface area contributed by atoms with Gasteiger partial charge in [0, 0.05) is 5.69 Å². The van der Waals surface area contributed by atoms with Crippen LogP contribution in [0.25, 0.3) is 11.4 Å². The van der Waals surface area contributed by atoms with Crippen molar-refractivity contribution in [2.75, 3.05) is 16.9 Å². The predicted octanol–water partition coefficient (Wildman–Crippen LogP) is 3.96. The molecule has 0 spiro atoms. The van der Waals surface area contributed by atoms with Crippen molar-refractivity contribution in [2.45, 2.75) is 18.3 Å². The van der Waals surface area contributed by atoms with E-state index in [9.17, 15) is 18.0 Å². The highest BCUT2D eigenvalue weighted by Gasteiger charge is 2.33. The lowest BCUT2D eigenvalue weighted by atomic mass is 10.2. The minimum absolute atomic E-state index is 0.0220. The summed E-state index contributed by atoms with van der Waals surface area (Å²) in [6.07, 6.45) is -3.13. The van der Waals surface area contributed by atoms with Crippen LogP contribution in [0.3, 0.4) is 0 Å². The zero-order valence-electron chi connectivity index (χ0n) is 14.2. The Labute approximate surface area is 166 Å². The van der Waals surface area contributed by atoms with Gasteiger partial charge in [0.15, 0.2) is 5.82 Å². The molecule has 2 aromatic heterocycles. The zero-order valence-corrected chi connectivity index (χ0v) is 15.8. The number of hydrogen-bond acceptors (Lipinski definition) is 6. The van der Waals surface area contributed by atoms with Crippen molar-refractivity contribution in [3.05, 3.63) is 46.9 Å². The average Bonchev–Trinajstić information content (AvgIpc) is 3.19. The van der Waals surface area contributed by atoms with Gasteiger partial charge in [-0.25, -0.2) is 4.68 Å². The van der Waals surface area contributed by atoms with Crippen molar-refractivity contribution >= 4 is 35.0 Å². The SMILES string of the molecule is Cc1occc1-c1nnc(SCC(=O)Nc2ccc(Cl)c(C(F)(F)F)c2)n1N. The van der Waals surface area contributed by atoms with Gasteiger partial charge < -0.3 is 15.6 Å². The number of anilines is 1. The lowest BCUT2D eigenvalue weighted by molar-refractivity contribution is -0.137. The van der Waals surface area contributed by atoms with E-state index in [1.807, 2.05) is 0 Å². The van der Waals surface area contributed by atoms with Crippen LogP contribution in [0, 0.1) is 6.92 Å². The Balaban J connectivity index is 1.66. The second-order valence-corrected chi connectivity index (χ2v) is 6.95. The monoisotopic (exact) mass is 431 g/mol. The number of halogens is 4. The quantitative estimate of drug-likeness (QED) is 0.468. The van der Waals surface area contributed by atoms with Crippen molar-refractivity contribution < 1.29 is 22.4 Å². The fraction of sp³-hybridized carbons (Fsp3) is 0.188. The maximum Gasteiger partial charge on any atom is 0.417 e. The second-order valence-electron chi connectivity index (χ2n) is 5.60. The Kier molecular flexibility index (Phi) is 5.57. The van der Waals surface area contributed by atoms with Crippen molar-refractivity contribution in [3.63, 3.8) is 0 Å². The number of carbonyl (C=O) groups excluding carboxylic acids is 1. The number of nitrogens with one attached hydrogen (secondary N) is 1. The van der Waals surface area contributed by atoms with Crippen molar-refractivity contribution in [3.8, 4) is 11.4 Å². The van der Waals surface area contributed by atoms with E-state index in [2.05, 4.69) is 15.5 Å². The van der Waals surface area contributed by atoms with Crippen LogP contribution in [0.15, 0.2) is 40.1 Å². The van der Waals surface area contributed by atoms with E-state index in [1.165, 1.54) is 17.0 Å². The molecular formula is C16H13ClF3N5O2S. The molecule has 2 heterocycles. The molecule has 7 nitrogen and oxygen atoms in total. The summed E-state index contributed by atoms with van der Waals surface area (Å²) >= 11 is 6.54. The Morgan fingerprint density at radius 3 is 2.75 bits per heavy atom. The molecular weight excluding hydrogens is 419 g/mol. The highest BCUT2D eigenvalue weighted by Crippen LogP contribution is 2.36. The Bertz CT molecular complexity index is 1020. The Morgan fingerprint density at radius 2 is 2.11 bits per heavy atom. The van der Waals surface area contributed by atoms with E-state index in [0.717, 1.165) is 23.9 Å². The summed E-state index contributed by atoms with van der Waals surface area (Å²) in [6.45, 7) is 1.74. The molecule has 28 heavy (non-hydrogen) atoms. The fourth-order valence-electron chi connectivity index (χ4n) is 2.32. The normalized spacial score (nSPS) is 11.6. The largest absolute Gasteiger partial charge is 0.469 e. The highest BCUT2D eigenvalue weighted by molar-refractivity contribution is 7.99. The number of nitrogen functional groups attached to an aromatic ring is 1. The van der Waals surface area contributed by atoms with Gasteiger partial charge in [0.1, 0.15) is 5.76 Å². The Hall–Kier alpha value is -2.66. The van der Waals surface area contributed by atoms with Gasteiger partial charge in [0.25, 0.3) is 0 Å². The highest BCUT2D eigenvalue weighted by atomic mass is 35.5. The summed E-state index contributed by atoms with van der Waals surface area (Å²) in [5.41, 5.74) is -0.389. The van der Waals surface area contributed by atoms with Gasteiger partial charge in [0.05, 0.1) is 28.2 Å². The number of benzene rings is 1. The van der Waals surface area contributed by atoms with Crippen LogP contribution in [-0.4, -0.2) is 26.5 Å². The van der Waals surface area contributed by atoms with Crippen LogP contribution < -0.4 is 11.2 Å². The number of furan rings is 1. The third kappa shape index (κ3) is 4.25. The molecule has 3 aromatic rings. The van der Waals surface area contributed by atoms with Crippen LogP contribution in [0.5, 0.6) is 0 Å². The van der Waals surface area contributed by atoms with Gasteiger partial charge in [0.2, 0.25) is 11.1 Å². The van der Waals surface area contributed by atoms with Crippen LogP contribution in [-0.2, 0) is 11.0 Å². The molecule has 0 radical (unpaired) electrons. The lowest BCUT2D eigenvalue weighted by Crippen LogP contribution is -2.17. The summed E-state index contributed by atoms with van der Waals surface area (Å²) in [5.74, 6) is 6.24. The molecule has 12 heteroatoms. The molecule has 0 atom stereocenters. The Morgan fingerprint density at radius 1 is 1.36 bits per heavy atom. The maximum atomic E-state index is 12.9. The van der Waals surface area contributed by atoms with Crippen LogP contribution in [0.1, 0.15) is 11.3 Å². The zero-order chi connectivity index (χ0) is 20.5. The van der Waals surface area contributed by atoms with Crippen LogP contribution in [0.2, 0.25) is 5.02 Å². The third-order valence-electron chi connectivity index (χ3n) is 3.65. The molecule has 3 rings (SSSR count). The number of alkyl halides is 3.